The molecule has 0 unspecified atom stereocenters. The van der Waals surface area contributed by atoms with E-state index in [1.165, 1.54) is 0 Å². The SMILES string of the molecule is COCc1ccc(C(=O)OCC(=O)NC(=O)NC(C)(C)C)cc1. The fourth-order valence-electron chi connectivity index (χ4n) is 1.65. The standard InChI is InChI=1S/C16H22N2O5/c1-16(2,3)18-15(21)17-13(19)10-23-14(20)12-7-5-11(6-8-12)9-22-4/h5-8H,9-10H2,1-4H3,(H2,17,18,19,21). The van der Waals surface area contributed by atoms with Crippen LogP contribution in [0.2, 0.25) is 0 Å². The Morgan fingerprint density at radius 2 is 1.70 bits per heavy atom. The number of carbonyl (C=O) groups excluding carboxylic acids is 3. The van der Waals surface area contributed by atoms with Crippen molar-refractivity contribution in [2.75, 3.05) is 13.7 Å². The Bertz CT molecular complexity index is 561. The molecule has 0 saturated carbocycles. The zero-order chi connectivity index (χ0) is 17.5. The number of methoxy groups -OCH3 is 1. The summed E-state index contributed by atoms with van der Waals surface area (Å²) in [6.07, 6.45) is 0. The van der Waals surface area contributed by atoms with Crippen LogP contribution < -0.4 is 10.6 Å². The Labute approximate surface area is 135 Å². The van der Waals surface area contributed by atoms with E-state index in [1.807, 2.05) is 0 Å². The first-order valence-electron chi connectivity index (χ1n) is 7.08. The highest BCUT2D eigenvalue weighted by molar-refractivity contribution is 5.97. The summed E-state index contributed by atoms with van der Waals surface area (Å²) in [5, 5.41) is 4.65. The molecule has 7 heteroatoms. The Hall–Kier alpha value is -2.41. The molecule has 0 spiro atoms. The zero-order valence-corrected chi connectivity index (χ0v) is 13.8. The number of carbonyl (C=O) groups is 3. The number of hydrogen-bond donors (Lipinski definition) is 2. The maximum absolute atomic E-state index is 11.8. The molecule has 0 aliphatic heterocycles. The van der Waals surface area contributed by atoms with Crippen molar-refractivity contribution in [3.8, 4) is 0 Å². The number of imide groups is 1. The quantitative estimate of drug-likeness (QED) is 0.803. The summed E-state index contributed by atoms with van der Waals surface area (Å²) < 4.78 is 9.83. The molecule has 0 bridgehead atoms. The zero-order valence-electron chi connectivity index (χ0n) is 13.8. The second-order valence-corrected chi connectivity index (χ2v) is 5.96. The summed E-state index contributed by atoms with van der Waals surface area (Å²) in [5.74, 6) is -1.34. The molecule has 0 heterocycles. The normalized spacial score (nSPS) is 10.8. The summed E-state index contributed by atoms with van der Waals surface area (Å²) in [5.41, 5.74) is 0.766. The summed E-state index contributed by atoms with van der Waals surface area (Å²) in [6, 6.07) is 6.00. The molecular weight excluding hydrogens is 300 g/mol. The molecule has 1 rings (SSSR count). The number of rotatable bonds is 5. The molecule has 7 nitrogen and oxygen atoms in total. The molecule has 0 saturated heterocycles. The van der Waals surface area contributed by atoms with Gasteiger partial charge in [-0.2, -0.15) is 0 Å². The maximum Gasteiger partial charge on any atom is 0.338 e. The molecule has 0 aliphatic rings. The number of hydrogen-bond acceptors (Lipinski definition) is 5. The molecule has 1 aromatic carbocycles. The van der Waals surface area contributed by atoms with Crippen LogP contribution in [0, 0.1) is 0 Å². The van der Waals surface area contributed by atoms with Gasteiger partial charge in [0.25, 0.3) is 5.91 Å². The van der Waals surface area contributed by atoms with Crippen molar-refractivity contribution < 1.29 is 23.9 Å². The monoisotopic (exact) mass is 322 g/mol. The minimum Gasteiger partial charge on any atom is -0.452 e. The Morgan fingerprint density at radius 3 is 2.22 bits per heavy atom. The average molecular weight is 322 g/mol. The van der Waals surface area contributed by atoms with Crippen molar-refractivity contribution in [2.45, 2.75) is 32.9 Å². The van der Waals surface area contributed by atoms with E-state index in [4.69, 9.17) is 9.47 Å². The maximum atomic E-state index is 11.8. The first kappa shape index (κ1) is 18.6. The van der Waals surface area contributed by atoms with E-state index in [-0.39, 0.29) is 0 Å². The first-order chi connectivity index (χ1) is 10.7. The van der Waals surface area contributed by atoms with Crippen LogP contribution in [0.3, 0.4) is 0 Å². The van der Waals surface area contributed by atoms with Crippen LogP contribution in [0.15, 0.2) is 24.3 Å². The lowest BCUT2D eigenvalue weighted by Gasteiger charge is -2.20. The van der Waals surface area contributed by atoms with Crippen LogP contribution in [-0.4, -0.2) is 37.2 Å². The molecule has 1 aromatic rings. The van der Waals surface area contributed by atoms with Crippen molar-refractivity contribution in [1.82, 2.24) is 10.6 Å². The van der Waals surface area contributed by atoms with Crippen molar-refractivity contribution in [2.24, 2.45) is 0 Å². The van der Waals surface area contributed by atoms with E-state index < -0.39 is 30.1 Å². The fourth-order valence-corrected chi connectivity index (χ4v) is 1.65. The van der Waals surface area contributed by atoms with Crippen LogP contribution in [-0.2, 0) is 20.9 Å². The topological polar surface area (TPSA) is 93.7 Å². The molecule has 126 valence electrons. The van der Waals surface area contributed by atoms with E-state index in [1.54, 1.807) is 52.1 Å². The largest absolute Gasteiger partial charge is 0.452 e. The van der Waals surface area contributed by atoms with Crippen molar-refractivity contribution in [1.29, 1.82) is 0 Å². The van der Waals surface area contributed by atoms with Gasteiger partial charge in [-0.25, -0.2) is 9.59 Å². The molecule has 23 heavy (non-hydrogen) atoms. The third-order valence-corrected chi connectivity index (χ3v) is 2.58. The molecule has 0 radical (unpaired) electrons. The van der Waals surface area contributed by atoms with Gasteiger partial charge in [0.1, 0.15) is 0 Å². The van der Waals surface area contributed by atoms with Crippen molar-refractivity contribution in [3.63, 3.8) is 0 Å². The summed E-state index contributed by atoms with van der Waals surface area (Å²) in [6.45, 7) is 5.26. The second kappa shape index (κ2) is 8.28. The lowest BCUT2D eigenvalue weighted by molar-refractivity contribution is -0.123. The number of ether oxygens (including phenoxy) is 2. The van der Waals surface area contributed by atoms with Crippen LogP contribution in [0.5, 0.6) is 0 Å². The van der Waals surface area contributed by atoms with E-state index >= 15 is 0 Å². The van der Waals surface area contributed by atoms with E-state index in [0.29, 0.717) is 12.2 Å². The minimum atomic E-state index is -0.698. The first-order valence-corrected chi connectivity index (χ1v) is 7.08. The molecule has 3 amide bonds. The summed E-state index contributed by atoms with van der Waals surface area (Å²) >= 11 is 0. The number of benzene rings is 1. The Morgan fingerprint density at radius 1 is 1.09 bits per heavy atom. The molecule has 2 N–H and O–H groups in total. The van der Waals surface area contributed by atoms with Gasteiger partial charge in [-0.05, 0) is 38.5 Å². The van der Waals surface area contributed by atoms with Crippen LogP contribution in [0.1, 0.15) is 36.7 Å². The van der Waals surface area contributed by atoms with Crippen molar-refractivity contribution >= 4 is 17.9 Å². The number of nitrogens with one attached hydrogen (secondary N) is 2. The van der Waals surface area contributed by atoms with Crippen LogP contribution in [0.25, 0.3) is 0 Å². The van der Waals surface area contributed by atoms with Crippen molar-refractivity contribution in [3.05, 3.63) is 35.4 Å². The average Bonchev–Trinajstić information content (AvgIpc) is 2.43. The van der Waals surface area contributed by atoms with Gasteiger partial charge in [0.15, 0.2) is 6.61 Å². The number of urea groups is 1. The third-order valence-electron chi connectivity index (χ3n) is 2.58. The van der Waals surface area contributed by atoms with Gasteiger partial charge < -0.3 is 14.8 Å². The Kier molecular flexibility index (Phi) is 6.71. The number of amides is 3. The smallest absolute Gasteiger partial charge is 0.338 e. The predicted molar refractivity (Wildman–Crippen MR) is 83.9 cm³/mol. The lowest BCUT2D eigenvalue weighted by atomic mass is 10.1. The number of esters is 1. The molecule has 0 aromatic heterocycles. The van der Waals surface area contributed by atoms with Gasteiger partial charge in [-0.3, -0.25) is 10.1 Å². The summed E-state index contributed by atoms with van der Waals surface area (Å²) in [7, 11) is 1.58. The van der Waals surface area contributed by atoms with Gasteiger partial charge in [-0.15, -0.1) is 0 Å². The summed E-state index contributed by atoms with van der Waals surface area (Å²) in [4.78, 5) is 34.8. The van der Waals surface area contributed by atoms with E-state index in [0.717, 1.165) is 5.56 Å². The highest BCUT2D eigenvalue weighted by Gasteiger charge is 2.17. The predicted octanol–water partition coefficient (Wildman–Crippen LogP) is 1.61. The molecule has 0 aliphatic carbocycles. The van der Waals surface area contributed by atoms with Crippen LogP contribution >= 0.6 is 0 Å². The molecule has 0 atom stereocenters. The van der Waals surface area contributed by atoms with Gasteiger partial charge in [0, 0.05) is 12.6 Å². The van der Waals surface area contributed by atoms with Gasteiger partial charge >= 0.3 is 12.0 Å². The molecule has 0 fully saturated rings. The fraction of sp³-hybridized carbons (Fsp3) is 0.438. The van der Waals surface area contributed by atoms with Crippen LogP contribution in [0.4, 0.5) is 4.79 Å². The van der Waals surface area contributed by atoms with Gasteiger partial charge in [0.05, 0.1) is 12.2 Å². The highest BCUT2D eigenvalue weighted by atomic mass is 16.5. The van der Waals surface area contributed by atoms with E-state index in [9.17, 15) is 14.4 Å². The van der Waals surface area contributed by atoms with Gasteiger partial charge in [0.2, 0.25) is 0 Å². The van der Waals surface area contributed by atoms with E-state index in [2.05, 4.69) is 10.6 Å². The molecular formula is C16H22N2O5. The lowest BCUT2D eigenvalue weighted by Crippen LogP contribution is -2.49. The Balaban J connectivity index is 2.43. The minimum absolute atomic E-state index is 0.316. The van der Waals surface area contributed by atoms with Gasteiger partial charge in [-0.1, -0.05) is 12.1 Å². The highest BCUT2D eigenvalue weighted by Crippen LogP contribution is 2.07. The third kappa shape index (κ3) is 7.42. The second-order valence-electron chi connectivity index (χ2n) is 5.96.